The van der Waals surface area contributed by atoms with Crippen LogP contribution in [0.3, 0.4) is 0 Å². The first-order valence-corrected chi connectivity index (χ1v) is 7.73. The Morgan fingerprint density at radius 1 is 1.05 bits per heavy atom. The van der Waals surface area contributed by atoms with Crippen molar-refractivity contribution in [3.63, 3.8) is 0 Å². The number of esters is 1. The van der Waals surface area contributed by atoms with Crippen molar-refractivity contribution in [1.82, 2.24) is 4.90 Å². The van der Waals surface area contributed by atoms with Crippen molar-refractivity contribution in [2.75, 3.05) is 31.2 Å². The zero-order chi connectivity index (χ0) is 14.8. The van der Waals surface area contributed by atoms with Gasteiger partial charge in [-0.3, -0.25) is 18.6 Å². The SMILES string of the molecule is CCOC(=O)CC(=O)CS(=O)CC(=O)N(CC)CC. The lowest BCUT2D eigenvalue weighted by Crippen LogP contribution is -2.35. The molecular formula is C12H21NO5S. The molecule has 0 aromatic heterocycles. The molecule has 110 valence electrons. The van der Waals surface area contributed by atoms with E-state index in [9.17, 15) is 18.6 Å². The van der Waals surface area contributed by atoms with Gasteiger partial charge in [-0.1, -0.05) is 0 Å². The van der Waals surface area contributed by atoms with Gasteiger partial charge in [0.25, 0.3) is 0 Å². The molecule has 0 saturated heterocycles. The largest absolute Gasteiger partial charge is 0.466 e. The minimum atomic E-state index is -1.57. The average Bonchev–Trinajstić information content (AvgIpc) is 2.29. The summed E-state index contributed by atoms with van der Waals surface area (Å²) >= 11 is 0. The fourth-order valence-electron chi connectivity index (χ4n) is 1.46. The van der Waals surface area contributed by atoms with Crippen LogP contribution in [0.1, 0.15) is 27.2 Å². The number of carbonyl (C=O) groups is 3. The number of Topliss-reactive ketones (excluding diaryl/α,β-unsaturated/α-hetero) is 1. The average molecular weight is 291 g/mol. The molecule has 0 saturated carbocycles. The Morgan fingerprint density at radius 2 is 1.63 bits per heavy atom. The Morgan fingerprint density at radius 3 is 2.11 bits per heavy atom. The Balaban J connectivity index is 4.13. The summed E-state index contributed by atoms with van der Waals surface area (Å²) < 4.78 is 16.2. The van der Waals surface area contributed by atoms with E-state index >= 15 is 0 Å². The highest BCUT2D eigenvalue weighted by Crippen LogP contribution is 1.96. The van der Waals surface area contributed by atoms with Gasteiger partial charge in [0, 0.05) is 23.9 Å². The van der Waals surface area contributed by atoms with E-state index < -0.39 is 22.6 Å². The molecule has 0 aliphatic heterocycles. The second kappa shape index (κ2) is 9.66. The first kappa shape index (κ1) is 17.8. The fraction of sp³-hybridized carbons (Fsp3) is 0.750. The van der Waals surface area contributed by atoms with Crippen molar-refractivity contribution in [2.45, 2.75) is 27.2 Å². The van der Waals surface area contributed by atoms with Crippen LogP contribution in [0.25, 0.3) is 0 Å². The molecule has 0 spiro atoms. The zero-order valence-corrected chi connectivity index (χ0v) is 12.5. The van der Waals surface area contributed by atoms with Crippen LogP contribution >= 0.6 is 0 Å². The van der Waals surface area contributed by atoms with Gasteiger partial charge in [-0.05, 0) is 20.8 Å². The first-order valence-electron chi connectivity index (χ1n) is 6.24. The van der Waals surface area contributed by atoms with Gasteiger partial charge in [0.2, 0.25) is 5.91 Å². The Bertz CT molecular complexity index is 352. The van der Waals surface area contributed by atoms with Crippen LogP contribution in [-0.4, -0.2) is 58.0 Å². The lowest BCUT2D eigenvalue weighted by Gasteiger charge is -2.17. The molecule has 0 heterocycles. The van der Waals surface area contributed by atoms with Crippen molar-refractivity contribution in [1.29, 1.82) is 0 Å². The summed E-state index contributed by atoms with van der Waals surface area (Å²) in [5, 5.41) is 0. The third-order valence-corrected chi connectivity index (χ3v) is 3.58. The van der Waals surface area contributed by atoms with Gasteiger partial charge < -0.3 is 9.64 Å². The second-order valence-electron chi connectivity index (χ2n) is 3.82. The van der Waals surface area contributed by atoms with Crippen LogP contribution in [0.5, 0.6) is 0 Å². The Hall–Kier alpha value is -1.24. The summed E-state index contributed by atoms with van der Waals surface area (Å²) in [6.07, 6.45) is -0.390. The molecule has 0 fully saturated rings. The maximum absolute atomic E-state index is 11.7. The molecule has 0 radical (unpaired) electrons. The summed E-state index contributed by atoms with van der Waals surface area (Å²) in [6, 6.07) is 0. The summed E-state index contributed by atoms with van der Waals surface area (Å²) in [5.41, 5.74) is 0. The van der Waals surface area contributed by atoms with Crippen LogP contribution in [0.4, 0.5) is 0 Å². The van der Waals surface area contributed by atoms with E-state index in [0.29, 0.717) is 13.1 Å². The van der Waals surface area contributed by atoms with Crippen LogP contribution in [0.15, 0.2) is 0 Å². The van der Waals surface area contributed by atoms with Gasteiger partial charge in [0.1, 0.15) is 12.2 Å². The van der Waals surface area contributed by atoms with Crippen molar-refractivity contribution in [3.8, 4) is 0 Å². The van der Waals surface area contributed by atoms with Gasteiger partial charge in [-0.25, -0.2) is 0 Å². The summed E-state index contributed by atoms with van der Waals surface area (Å²) in [4.78, 5) is 35.7. The topological polar surface area (TPSA) is 80.8 Å². The van der Waals surface area contributed by atoms with Crippen LogP contribution in [0.2, 0.25) is 0 Å². The highest BCUT2D eigenvalue weighted by molar-refractivity contribution is 7.86. The van der Waals surface area contributed by atoms with Crippen molar-refractivity contribution < 1.29 is 23.3 Å². The van der Waals surface area contributed by atoms with E-state index in [0.717, 1.165) is 0 Å². The molecule has 0 rings (SSSR count). The van der Waals surface area contributed by atoms with Crippen LogP contribution in [-0.2, 0) is 29.9 Å². The second-order valence-corrected chi connectivity index (χ2v) is 5.27. The smallest absolute Gasteiger partial charge is 0.313 e. The highest BCUT2D eigenvalue weighted by atomic mass is 32.2. The predicted octanol–water partition coefficient (Wildman–Crippen LogP) is 0.126. The molecule has 0 aromatic rings. The molecule has 6 nitrogen and oxygen atoms in total. The summed E-state index contributed by atoms with van der Waals surface area (Å²) in [6.45, 7) is 6.60. The molecule has 1 amide bonds. The number of rotatable bonds is 9. The number of hydrogen-bond acceptors (Lipinski definition) is 5. The third kappa shape index (κ3) is 7.71. The predicted molar refractivity (Wildman–Crippen MR) is 72.1 cm³/mol. The van der Waals surface area contributed by atoms with Crippen LogP contribution < -0.4 is 0 Å². The molecule has 0 aliphatic rings. The molecule has 1 unspecified atom stereocenters. The molecule has 1 atom stereocenters. The number of amides is 1. The molecular weight excluding hydrogens is 270 g/mol. The number of carbonyl (C=O) groups excluding carboxylic acids is 3. The van der Waals surface area contributed by atoms with Crippen molar-refractivity contribution >= 4 is 28.5 Å². The summed E-state index contributed by atoms with van der Waals surface area (Å²) in [5.74, 6) is -1.81. The lowest BCUT2D eigenvalue weighted by molar-refractivity contribution is -0.145. The maximum atomic E-state index is 11.7. The minimum Gasteiger partial charge on any atom is -0.466 e. The number of ketones is 1. The summed E-state index contributed by atoms with van der Waals surface area (Å²) in [7, 11) is -1.57. The Kier molecular flexibility index (Phi) is 9.03. The van der Waals surface area contributed by atoms with E-state index in [1.165, 1.54) is 0 Å². The molecule has 0 aliphatic carbocycles. The third-order valence-electron chi connectivity index (χ3n) is 2.37. The zero-order valence-electron chi connectivity index (χ0n) is 11.6. The monoisotopic (exact) mass is 291 g/mol. The van der Waals surface area contributed by atoms with E-state index in [4.69, 9.17) is 0 Å². The molecule has 19 heavy (non-hydrogen) atoms. The fourth-order valence-corrected chi connectivity index (χ4v) is 2.48. The maximum Gasteiger partial charge on any atom is 0.313 e. The van der Waals surface area contributed by atoms with E-state index in [1.807, 2.05) is 13.8 Å². The van der Waals surface area contributed by atoms with Gasteiger partial charge in [-0.15, -0.1) is 0 Å². The Labute approximate surface area is 115 Å². The quantitative estimate of drug-likeness (QED) is 0.445. The number of ether oxygens (including phenoxy) is 1. The minimum absolute atomic E-state index is 0.184. The van der Waals surface area contributed by atoms with Gasteiger partial charge in [-0.2, -0.15) is 0 Å². The van der Waals surface area contributed by atoms with E-state index in [-0.39, 0.29) is 30.4 Å². The number of hydrogen-bond donors (Lipinski definition) is 0. The van der Waals surface area contributed by atoms with Crippen molar-refractivity contribution in [2.24, 2.45) is 0 Å². The van der Waals surface area contributed by atoms with Gasteiger partial charge in [0.05, 0.1) is 12.4 Å². The molecule has 0 bridgehead atoms. The van der Waals surface area contributed by atoms with Crippen LogP contribution in [0, 0.1) is 0 Å². The van der Waals surface area contributed by atoms with Gasteiger partial charge in [0.15, 0.2) is 5.78 Å². The number of nitrogens with zero attached hydrogens (tertiary/aromatic N) is 1. The standard InChI is InChI=1S/C12H21NO5S/c1-4-13(5-2)11(15)9-19(17)8-10(14)7-12(16)18-6-3/h4-9H2,1-3H3. The molecule has 0 N–H and O–H groups in total. The molecule has 7 heteroatoms. The van der Waals surface area contributed by atoms with E-state index in [1.54, 1.807) is 11.8 Å². The molecule has 0 aromatic carbocycles. The first-order chi connectivity index (χ1) is 8.94. The van der Waals surface area contributed by atoms with E-state index in [2.05, 4.69) is 4.74 Å². The van der Waals surface area contributed by atoms with Crippen molar-refractivity contribution in [3.05, 3.63) is 0 Å². The highest BCUT2D eigenvalue weighted by Gasteiger charge is 2.18. The lowest BCUT2D eigenvalue weighted by atomic mass is 10.3. The normalized spacial score (nSPS) is 11.7. The van der Waals surface area contributed by atoms with Gasteiger partial charge >= 0.3 is 5.97 Å².